The normalized spacial score (nSPS) is 19.3. The van der Waals surface area contributed by atoms with Gasteiger partial charge in [0.1, 0.15) is 5.82 Å². The molecule has 1 unspecified atom stereocenters. The molecule has 6 nitrogen and oxygen atoms in total. The maximum Gasteiger partial charge on any atom is 0.191 e. The molecule has 0 radical (unpaired) electrons. The minimum absolute atomic E-state index is 0. The van der Waals surface area contributed by atoms with Crippen LogP contribution in [0, 0.1) is 0 Å². The van der Waals surface area contributed by atoms with Crippen molar-refractivity contribution in [2.45, 2.75) is 44.8 Å². The molecule has 1 atom stereocenters. The van der Waals surface area contributed by atoms with Gasteiger partial charge in [-0.05, 0) is 55.5 Å². The number of guanidine groups is 1. The van der Waals surface area contributed by atoms with Gasteiger partial charge in [-0.25, -0.2) is 4.98 Å². The topological polar surface area (TPSA) is 55.8 Å². The molecular weight excluding hydrogens is 499 g/mol. The number of hydrogen-bond donors (Lipinski definition) is 2. The summed E-state index contributed by atoms with van der Waals surface area (Å²) in [5, 5.41) is 7.00. The summed E-state index contributed by atoms with van der Waals surface area (Å²) < 4.78 is 0. The van der Waals surface area contributed by atoms with Gasteiger partial charge in [0.15, 0.2) is 5.96 Å². The molecule has 2 aliphatic heterocycles. The number of rotatable bonds is 7. The van der Waals surface area contributed by atoms with E-state index in [1.165, 1.54) is 43.4 Å². The van der Waals surface area contributed by atoms with Crippen LogP contribution in [0.1, 0.15) is 36.8 Å². The Hall–Kier alpha value is -1.87. The molecule has 0 spiro atoms. The maximum absolute atomic E-state index is 4.55. The van der Waals surface area contributed by atoms with Gasteiger partial charge in [-0.1, -0.05) is 30.3 Å². The molecule has 2 aromatic rings. The van der Waals surface area contributed by atoms with Crippen LogP contribution in [-0.2, 0) is 13.1 Å². The highest BCUT2D eigenvalue weighted by Crippen LogP contribution is 2.20. The van der Waals surface area contributed by atoms with Gasteiger partial charge in [0.2, 0.25) is 0 Å². The fourth-order valence-corrected chi connectivity index (χ4v) is 4.46. The van der Waals surface area contributed by atoms with Crippen LogP contribution in [0.5, 0.6) is 0 Å². The van der Waals surface area contributed by atoms with Crippen LogP contribution >= 0.6 is 24.0 Å². The summed E-state index contributed by atoms with van der Waals surface area (Å²) in [6.07, 6.45) is 6.95. The molecule has 3 heterocycles. The second kappa shape index (κ2) is 12.2. The van der Waals surface area contributed by atoms with Crippen molar-refractivity contribution in [2.24, 2.45) is 4.99 Å². The molecule has 2 N–H and O–H groups in total. The molecule has 2 aliphatic rings. The van der Waals surface area contributed by atoms with Crippen molar-refractivity contribution in [1.82, 2.24) is 20.5 Å². The largest absolute Gasteiger partial charge is 0.357 e. The standard InChI is InChI=1S/C24H34N6.HI/c1-25-24(27-17-21-11-12-26-23(16-21)29-13-5-6-14-29)28-18-22-10-7-15-30(22)19-20-8-3-2-4-9-20;/h2-4,8-9,11-12,16,22H,5-7,10,13-15,17-19H2,1H3,(H2,25,27,28);1H. The third-order valence-corrected chi connectivity index (χ3v) is 6.16. The van der Waals surface area contributed by atoms with E-state index in [0.29, 0.717) is 6.04 Å². The van der Waals surface area contributed by atoms with Crippen LogP contribution in [0.25, 0.3) is 0 Å². The van der Waals surface area contributed by atoms with Gasteiger partial charge in [0.25, 0.3) is 0 Å². The van der Waals surface area contributed by atoms with E-state index in [4.69, 9.17) is 0 Å². The Bertz CT molecular complexity index is 822. The van der Waals surface area contributed by atoms with E-state index in [9.17, 15) is 0 Å². The van der Waals surface area contributed by atoms with E-state index in [1.54, 1.807) is 0 Å². The van der Waals surface area contributed by atoms with Crippen molar-refractivity contribution in [3.63, 3.8) is 0 Å². The number of benzene rings is 1. The molecule has 31 heavy (non-hydrogen) atoms. The Labute approximate surface area is 203 Å². The molecule has 0 bridgehead atoms. The van der Waals surface area contributed by atoms with Gasteiger partial charge in [-0.3, -0.25) is 9.89 Å². The van der Waals surface area contributed by atoms with Crippen molar-refractivity contribution >= 4 is 35.8 Å². The minimum atomic E-state index is 0. The quantitative estimate of drug-likeness (QED) is 0.323. The minimum Gasteiger partial charge on any atom is -0.357 e. The summed E-state index contributed by atoms with van der Waals surface area (Å²) in [4.78, 5) is 13.9. The van der Waals surface area contributed by atoms with Crippen LogP contribution in [0.15, 0.2) is 53.7 Å². The number of hydrogen-bond acceptors (Lipinski definition) is 4. The van der Waals surface area contributed by atoms with Crippen LogP contribution in [0.3, 0.4) is 0 Å². The summed E-state index contributed by atoms with van der Waals surface area (Å²) in [5.74, 6) is 1.96. The fraction of sp³-hybridized carbons (Fsp3) is 0.500. The molecule has 7 heteroatoms. The molecule has 2 fully saturated rings. The Kier molecular flexibility index (Phi) is 9.39. The average Bonchev–Trinajstić information content (AvgIpc) is 3.47. The third kappa shape index (κ3) is 6.80. The molecule has 4 rings (SSSR count). The Balaban J connectivity index is 0.00000272. The molecule has 168 valence electrons. The van der Waals surface area contributed by atoms with E-state index >= 15 is 0 Å². The van der Waals surface area contributed by atoms with Crippen molar-refractivity contribution in [3.8, 4) is 0 Å². The Morgan fingerprint density at radius 1 is 1.03 bits per heavy atom. The zero-order valence-corrected chi connectivity index (χ0v) is 20.8. The van der Waals surface area contributed by atoms with Gasteiger partial charge in [0.05, 0.1) is 0 Å². The summed E-state index contributed by atoms with van der Waals surface area (Å²) in [6, 6.07) is 15.6. The fourth-order valence-electron chi connectivity index (χ4n) is 4.46. The summed E-state index contributed by atoms with van der Waals surface area (Å²) in [7, 11) is 1.84. The highest BCUT2D eigenvalue weighted by molar-refractivity contribution is 14.0. The second-order valence-electron chi connectivity index (χ2n) is 8.28. The molecule has 1 aromatic carbocycles. The summed E-state index contributed by atoms with van der Waals surface area (Å²) in [5.41, 5.74) is 2.62. The number of halogens is 1. The van der Waals surface area contributed by atoms with E-state index in [2.05, 4.69) is 72.9 Å². The number of likely N-dealkylation sites (tertiary alicyclic amines) is 1. The van der Waals surface area contributed by atoms with Crippen LogP contribution in [0.2, 0.25) is 0 Å². The number of pyridine rings is 1. The monoisotopic (exact) mass is 534 g/mol. The van der Waals surface area contributed by atoms with Gasteiger partial charge in [-0.2, -0.15) is 0 Å². The molecule has 0 aliphatic carbocycles. The van der Waals surface area contributed by atoms with Gasteiger partial charge in [-0.15, -0.1) is 24.0 Å². The smallest absolute Gasteiger partial charge is 0.191 e. The zero-order chi connectivity index (χ0) is 20.6. The van der Waals surface area contributed by atoms with Crippen LogP contribution in [0.4, 0.5) is 5.82 Å². The van der Waals surface area contributed by atoms with E-state index < -0.39 is 0 Å². The van der Waals surface area contributed by atoms with Crippen molar-refractivity contribution in [3.05, 3.63) is 59.8 Å². The predicted molar refractivity (Wildman–Crippen MR) is 139 cm³/mol. The molecular formula is C24H35IN6. The Morgan fingerprint density at radius 3 is 2.61 bits per heavy atom. The van der Waals surface area contributed by atoms with Crippen molar-refractivity contribution in [1.29, 1.82) is 0 Å². The third-order valence-electron chi connectivity index (χ3n) is 6.16. The lowest BCUT2D eigenvalue weighted by atomic mass is 10.2. The first-order valence-electron chi connectivity index (χ1n) is 11.2. The number of anilines is 1. The molecule has 0 amide bonds. The van der Waals surface area contributed by atoms with Crippen molar-refractivity contribution in [2.75, 3.05) is 38.1 Å². The summed E-state index contributed by atoms with van der Waals surface area (Å²) >= 11 is 0. The molecule has 0 saturated carbocycles. The second-order valence-corrected chi connectivity index (χ2v) is 8.28. The number of nitrogens with one attached hydrogen (secondary N) is 2. The van der Waals surface area contributed by atoms with Crippen molar-refractivity contribution < 1.29 is 0 Å². The first kappa shape index (κ1) is 23.8. The number of aromatic nitrogens is 1. The van der Waals surface area contributed by atoms with Gasteiger partial charge >= 0.3 is 0 Å². The van der Waals surface area contributed by atoms with Gasteiger partial charge in [0, 0.05) is 52.0 Å². The average molecular weight is 534 g/mol. The number of aliphatic imine (C=N–C) groups is 1. The molecule has 2 saturated heterocycles. The van der Waals surface area contributed by atoms with E-state index in [1.807, 2.05) is 13.2 Å². The first-order valence-corrected chi connectivity index (χ1v) is 11.2. The molecule has 1 aromatic heterocycles. The van der Waals surface area contributed by atoms with E-state index in [0.717, 1.165) is 44.5 Å². The van der Waals surface area contributed by atoms with E-state index in [-0.39, 0.29) is 24.0 Å². The van der Waals surface area contributed by atoms with Crippen LogP contribution in [-0.4, -0.2) is 55.1 Å². The zero-order valence-electron chi connectivity index (χ0n) is 18.5. The van der Waals surface area contributed by atoms with Gasteiger partial charge < -0.3 is 15.5 Å². The first-order chi connectivity index (χ1) is 14.8. The van der Waals surface area contributed by atoms with Crippen LogP contribution < -0.4 is 15.5 Å². The maximum atomic E-state index is 4.55. The predicted octanol–water partition coefficient (Wildman–Crippen LogP) is 3.63. The highest BCUT2D eigenvalue weighted by Gasteiger charge is 2.24. The lowest BCUT2D eigenvalue weighted by Gasteiger charge is -2.25. The Morgan fingerprint density at radius 2 is 1.84 bits per heavy atom. The highest BCUT2D eigenvalue weighted by atomic mass is 127. The number of nitrogens with zero attached hydrogens (tertiary/aromatic N) is 4. The lowest BCUT2D eigenvalue weighted by molar-refractivity contribution is 0.245. The summed E-state index contributed by atoms with van der Waals surface area (Å²) in [6.45, 7) is 6.10. The SMILES string of the molecule is CN=C(NCc1ccnc(N2CCCC2)c1)NCC1CCCN1Cc1ccccc1.I. The lowest BCUT2D eigenvalue weighted by Crippen LogP contribution is -2.44.